The molecule has 1 saturated heterocycles. The van der Waals surface area contributed by atoms with Gasteiger partial charge in [-0.15, -0.1) is 0 Å². The number of nitrogens with zero attached hydrogens (tertiary/aromatic N) is 3. The van der Waals surface area contributed by atoms with Gasteiger partial charge < -0.3 is 0 Å². The molecule has 0 atom stereocenters. The fourth-order valence-electron chi connectivity index (χ4n) is 2.63. The summed E-state index contributed by atoms with van der Waals surface area (Å²) < 4.78 is 5.20. The number of carbonyl (C=O) groups excluding carboxylic acids is 3. The Hall–Kier alpha value is -1.14. The molecule has 0 N–H and O–H groups in total. The number of amides is 3. The summed E-state index contributed by atoms with van der Waals surface area (Å²) in [6.45, 7) is 6.71. The Kier molecular flexibility index (Phi) is 10.1. The van der Waals surface area contributed by atoms with Crippen LogP contribution in [0.4, 0.5) is 4.79 Å². The fraction of sp³-hybridized carbons (Fsp3) is 0.750. The predicted octanol–water partition coefficient (Wildman–Crippen LogP) is -3.09. The van der Waals surface area contributed by atoms with Crippen LogP contribution in [-0.4, -0.2) is 131 Å². The summed E-state index contributed by atoms with van der Waals surface area (Å²) in [5, 5.41) is 0. The SMILES string of the molecule is [B]B([B])B([B])B(B=NCCCN1C(=O)CN(C(=O)OC(C)(C)C)CC1=O)B([B])[B]. The minimum absolute atomic E-state index is 0.180. The van der Waals surface area contributed by atoms with Crippen LogP contribution in [0.1, 0.15) is 27.2 Å². The van der Waals surface area contributed by atoms with E-state index < -0.39 is 49.0 Å². The van der Waals surface area contributed by atoms with Gasteiger partial charge in [0, 0.05) is 0 Å². The molecule has 0 saturated carbocycles. The van der Waals surface area contributed by atoms with Gasteiger partial charge in [0.2, 0.25) is 0 Å². The quantitative estimate of drug-likeness (QED) is 0.255. The van der Waals surface area contributed by atoms with Gasteiger partial charge in [-0.25, -0.2) is 0 Å². The Labute approximate surface area is 182 Å². The van der Waals surface area contributed by atoms with Gasteiger partial charge in [-0.1, -0.05) is 0 Å². The molecule has 0 bridgehead atoms. The Morgan fingerprint density at radius 2 is 1.66 bits per heavy atom. The molecule has 1 aliphatic heterocycles. The van der Waals surface area contributed by atoms with Crippen molar-refractivity contribution < 1.29 is 19.1 Å². The third-order valence-corrected chi connectivity index (χ3v) is 4.19. The minimum atomic E-state index is -0.794. The number of hydrogen-bond acceptors (Lipinski definition) is 5. The molecule has 0 unspecified atom stereocenters. The Bertz CT molecular complexity index is 612. The molecule has 0 aromatic carbocycles. The molecule has 0 aromatic heterocycles. The van der Waals surface area contributed by atoms with Crippen molar-refractivity contribution in [3.05, 3.63) is 0 Å². The molecule has 17 heteroatoms. The van der Waals surface area contributed by atoms with Crippen molar-refractivity contribution in [2.75, 3.05) is 26.2 Å². The first-order valence-electron chi connectivity index (χ1n) is 9.42. The molecule has 0 aliphatic carbocycles. The van der Waals surface area contributed by atoms with Crippen molar-refractivity contribution in [1.29, 1.82) is 0 Å². The fourth-order valence-corrected chi connectivity index (χ4v) is 2.63. The van der Waals surface area contributed by atoms with E-state index in [0.29, 0.717) is 13.0 Å². The van der Waals surface area contributed by atoms with Crippen molar-refractivity contribution in [3.8, 4) is 0 Å². The standard InChI is InChI=1S/C12H19B10N3O4/c1-12(2,3)29-11(28)24-7-9(26)25(10(27)8-24)6-4-5-23-18-22(20(15)16)21(17)19(13)14/h4-8H2,1-3H3. The predicted molar refractivity (Wildman–Crippen MR) is 124 cm³/mol. The molecule has 10 radical (unpaired) electrons. The number of ether oxygens (including phenoxy) is 1. The molecule has 3 amide bonds. The summed E-state index contributed by atoms with van der Waals surface area (Å²) in [6, 6.07) is 0. The van der Waals surface area contributed by atoms with Crippen molar-refractivity contribution in [2.45, 2.75) is 32.8 Å². The Balaban J connectivity index is 2.52. The van der Waals surface area contributed by atoms with Crippen LogP contribution in [-0.2, 0) is 14.3 Å². The molecule has 29 heavy (non-hydrogen) atoms. The van der Waals surface area contributed by atoms with E-state index >= 15 is 0 Å². The van der Waals surface area contributed by atoms with Crippen molar-refractivity contribution in [1.82, 2.24) is 9.80 Å². The van der Waals surface area contributed by atoms with Gasteiger partial charge in [-0.2, -0.15) is 0 Å². The van der Waals surface area contributed by atoms with Crippen molar-refractivity contribution in [3.63, 3.8) is 0 Å². The summed E-state index contributed by atoms with van der Waals surface area (Å²) in [5.74, 6) is -0.928. The summed E-state index contributed by atoms with van der Waals surface area (Å²) in [5.41, 5.74) is -0.710. The van der Waals surface area contributed by atoms with Crippen LogP contribution in [0.3, 0.4) is 0 Å². The van der Waals surface area contributed by atoms with Gasteiger partial charge in [-0.3, -0.25) is 0 Å². The first-order chi connectivity index (χ1) is 13.3. The third-order valence-electron chi connectivity index (χ3n) is 4.19. The maximum atomic E-state index is 12.3. The third kappa shape index (κ3) is 8.63. The Morgan fingerprint density at radius 1 is 1.10 bits per heavy atom. The van der Waals surface area contributed by atoms with E-state index in [2.05, 4.69) is 4.90 Å². The molecule has 1 rings (SSSR count). The van der Waals surface area contributed by atoms with E-state index in [4.69, 9.17) is 43.4 Å². The van der Waals surface area contributed by atoms with Gasteiger partial charge in [0.05, 0.1) is 0 Å². The van der Waals surface area contributed by atoms with E-state index in [1.807, 2.05) is 0 Å². The van der Waals surface area contributed by atoms with E-state index in [1.165, 1.54) is 6.96 Å². The molecular formula is C12H19B10N3O4. The van der Waals surface area contributed by atoms with E-state index in [-0.39, 0.29) is 19.6 Å². The van der Waals surface area contributed by atoms with Crippen LogP contribution in [0.5, 0.6) is 0 Å². The zero-order valence-corrected chi connectivity index (χ0v) is 17.3. The monoisotopic (exact) mass is 379 g/mol. The summed E-state index contributed by atoms with van der Waals surface area (Å²) in [7, 11) is 28.3. The van der Waals surface area contributed by atoms with E-state index in [9.17, 15) is 14.4 Å². The van der Waals surface area contributed by atoms with Crippen molar-refractivity contribution in [2.24, 2.45) is 4.90 Å². The number of carbonyl (C=O) groups is 3. The second-order valence-electron chi connectivity index (χ2n) is 7.99. The van der Waals surface area contributed by atoms with E-state index in [0.717, 1.165) is 9.80 Å². The van der Waals surface area contributed by atoms with Gasteiger partial charge in [0.15, 0.2) is 0 Å². The topological polar surface area (TPSA) is 79.3 Å². The summed E-state index contributed by atoms with van der Waals surface area (Å²) in [6.07, 6.45) is -2.98. The molecule has 7 nitrogen and oxygen atoms in total. The average molecular weight is 377 g/mol. The molecule has 1 aliphatic rings. The van der Waals surface area contributed by atoms with Crippen LogP contribution >= 0.6 is 0 Å². The van der Waals surface area contributed by atoms with Crippen LogP contribution in [0.2, 0.25) is 0 Å². The summed E-state index contributed by atoms with van der Waals surface area (Å²) in [4.78, 5) is 43.0. The second-order valence-corrected chi connectivity index (χ2v) is 7.99. The first-order valence-corrected chi connectivity index (χ1v) is 9.42. The Morgan fingerprint density at radius 3 is 2.10 bits per heavy atom. The zero-order chi connectivity index (χ0) is 22.4. The van der Waals surface area contributed by atoms with Crippen LogP contribution < -0.4 is 0 Å². The number of hydrogen-bond donors (Lipinski definition) is 0. The second kappa shape index (κ2) is 11.3. The van der Waals surface area contributed by atoms with E-state index in [1.54, 1.807) is 20.8 Å². The average Bonchev–Trinajstić information content (AvgIpc) is 2.57. The van der Waals surface area contributed by atoms with Crippen LogP contribution in [0.15, 0.2) is 4.90 Å². The molecule has 0 aromatic rings. The number of rotatable bonds is 8. The molecule has 136 valence electrons. The molecular weight excluding hydrogens is 358 g/mol. The zero-order valence-electron chi connectivity index (χ0n) is 17.3. The maximum absolute atomic E-state index is 12.3. The van der Waals surface area contributed by atoms with Gasteiger partial charge in [-0.05, 0) is 0 Å². The normalized spacial score (nSPS) is 14.6. The molecule has 0 spiro atoms. The first kappa shape index (κ1) is 25.9. The van der Waals surface area contributed by atoms with Crippen molar-refractivity contribution >= 4 is 89.1 Å². The van der Waals surface area contributed by atoms with Gasteiger partial charge in [0.1, 0.15) is 0 Å². The molecule has 1 fully saturated rings. The number of piperazine rings is 1. The van der Waals surface area contributed by atoms with Crippen LogP contribution in [0.25, 0.3) is 0 Å². The number of imide groups is 1. The summed E-state index contributed by atoms with van der Waals surface area (Å²) >= 11 is 0. The van der Waals surface area contributed by atoms with Gasteiger partial charge >= 0.3 is 182 Å². The molecule has 1 heterocycles. The van der Waals surface area contributed by atoms with Gasteiger partial charge in [0.25, 0.3) is 0 Å². The van der Waals surface area contributed by atoms with Crippen LogP contribution in [0, 0.1) is 0 Å².